The van der Waals surface area contributed by atoms with Crippen molar-refractivity contribution in [3.05, 3.63) is 88.4 Å². The van der Waals surface area contributed by atoms with Gasteiger partial charge in [-0.1, -0.05) is 23.8 Å². The highest BCUT2D eigenvalue weighted by Crippen LogP contribution is 2.33. The molecule has 9 nitrogen and oxygen atoms in total. The average molecular weight is 432 g/mol. The second kappa shape index (κ2) is 9.34. The highest BCUT2D eigenvalue weighted by Gasteiger charge is 2.22. The first kappa shape index (κ1) is 21.1. The minimum Gasteiger partial charge on any atom is -0.493 e. The molecule has 1 atom stereocenters. The molecule has 1 unspecified atom stereocenters. The molecular weight excluding hydrogens is 408 g/mol. The summed E-state index contributed by atoms with van der Waals surface area (Å²) >= 11 is 0. The molecule has 0 bridgehead atoms. The summed E-state index contributed by atoms with van der Waals surface area (Å²) in [6.07, 6.45) is 3.12. The van der Waals surface area contributed by atoms with Gasteiger partial charge in [0.1, 0.15) is 6.04 Å². The topological polar surface area (TPSA) is 107 Å². The van der Waals surface area contributed by atoms with Crippen LogP contribution in [0.4, 0.5) is 5.69 Å². The average Bonchev–Trinajstić information content (AvgIpc) is 3.20. The fourth-order valence-electron chi connectivity index (χ4n) is 3.27. The van der Waals surface area contributed by atoms with Gasteiger partial charge < -0.3 is 14.8 Å². The molecule has 0 amide bonds. The van der Waals surface area contributed by atoms with Crippen LogP contribution >= 0.6 is 0 Å². The van der Waals surface area contributed by atoms with E-state index >= 15 is 0 Å². The van der Waals surface area contributed by atoms with E-state index in [1.54, 1.807) is 25.6 Å². The van der Waals surface area contributed by atoms with Crippen LogP contribution in [0.25, 0.3) is 5.95 Å². The van der Waals surface area contributed by atoms with E-state index in [2.05, 4.69) is 25.4 Å². The SMILES string of the molecule is CCOc1cc(C(Nc2ccc(C)cc2)c2nn(-c3ncccn3)c(=O)[nH]2)ccc1OC. The number of ether oxygens (including phenoxy) is 2. The minimum absolute atomic E-state index is 0.193. The maximum atomic E-state index is 12.6. The fraction of sp³-hybridized carbons (Fsp3) is 0.217. The van der Waals surface area contributed by atoms with Gasteiger partial charge in [0.15, 0.2) is 17.3 Å². The summed E-state index contributed by atoms with van der Waals surface area (Å²) in [5.41, 5.74) is 2.43. The summed E-state index contributed by atoms with van der Waals surface area (Å²) in [7, 11) is 1.60. The number of nitrogens with zero attached hydrogens (tertiary/aromatic N) is 4. The molecule has 0 saturated heterocycles. The molecule has 0 aliphatic rings. The first-order chi connectivity index (χ1) is 15.6. The number of nitrogens with one attached hydrogen (secondary N) is 2. The smallest absolute Gasteiger partial charge is 0.350 e. The molecule has 164 valence electrons. The Balaban J connectivity index is 1.79. The largest absolute Gasteiger partial charge is 0.493 e. The molecule has 0 fully saturated rings. The predicted molar refractivity (Wildman–Crippen MR) is 121 cm³/mol. The summed E-state index contributed by atoms with van der Waals surface area (Å²) < 4.78 is 12.3. The molecule has 2 N–H and O–H groups in total. The first-order valence-corrected chi connectivity index (χ1v) is 10.2. The second-order valence-electron chi connectivity index (χ2n) is 7.06. The zero-order chi connectivity index (χ0) is 22.5. The van der Waals surface area contributed by atoms with Crippen molar-refractivity contribution in [2.45, 2.75) is 19.9 Å². The number of benzene rings is 2. The quantitative estimate of drug-likeness (QED) is 0.440. The van der Waals surface area contributed by atoms with Crippen LogP contribution in [0, 0.1) is 6.92 Å². The second-order valence-corrected chi connectivity index (χ2v) is 7.06. The number of rotatable bonds is 8. The number of hydrogen-bond acceptors (Lipinski definition) is 7. The number of aromatic nitrogens is 5. The minimum atomic E-state index is -0.472. The lowest BCUT2D eigenvalue weighted by molar-refractivity contribution is 0.310. The van der Waals surface area contributed by atoms with Crippen LogP contribution in [-0.2, 0) is 0 Å². The van der Waals surface area contributed by atoms with E-state index in [0.717, 1.165) is 21.5 Å². The Kier molecular flexibility index (Phi) is 6.16. The lowest BCUT2D eigenvalue weighted by Gasteiger charge is -2.20. The van der Waals surface area contributed by atoms with Gasteiger partial charge in [-0.2, -0.15) is 0 Å². The van der Waals surface area contributed by atoms with Crippen molar-refractivity contribution in [3.8, 4) is 17.4 Å². The lowest BCUT2D eigenvalue weighted by atomic mass is 10.0. The Bertz CT molecular complexity index is 1230. The van der Waals surface area contributed by atoms with Gasteiger partial charge in [0.25, 0.3) is 5.95 Å². The molecule has 0 spiro atoms. The van der Waals surface area contributed by atoms with E-state index in [1.165, 1.54) is 0 Å². The van der Waals surface area contributed by atoms with Crippen LogP contribution in [0.3, 0.4) is 0 Å². The number of methoxy groups -OCH3 is 1. The Labute approximate surface area is 185 Å². The summed E-state index contributed by atoms with van der Waals surface area (Å²) in [5.74, 6) is 1.84. The van der Waals surface area contributed by atoms with Gasteiger partial charge in [-0.05, 0) is 49.7 Å². The first-order valence-electron chi connectivity index (χ1n) is 10.2. The van der Waals surface area contributed by atoms with E-state index in [0.29, 0.717) is 23.9 Å². The molecule has 9 heteroatoms. The molecule has 0 radical (unpaired) electrons. The molecule has 4 rings (SSSR count). The zero-order valence-corrected chi connectivity index (χ0v) is 18.1. The Morgan fingerprint density at radius 1 is 1.09 bits per heavy atom. The maximum absolute atomic E-state index is 12.6. The van der Waals surface area contributed by atoms with Gasteiger partial charge in [0.05, 0.1) is 13.7 Å². The Hall–Kier alpha value is -4.14. The highest BCUT2D eigenvalue weighted by atomic mass is 16.5. The van der Waals surface area contributed by atoms with Crippen LogP contribution in [0.2, 0.25) is 0 Å². The van der Waals surface area contributed by atoms with Gasteiger partial charge in [-0.3, -0.25) is 4.98 Å². The molecule has 2 aromatic heterocycles. The third kappa shape index (κ3) is 4.46. The van der Waals surface area contributed by atoms with Gasteiger partial charge in [0.2, 0.25) is 0 Å². The third-order valence-corrected chi connectivity index (χ3v) is 4.83. The zero-order valence-electron chi connectivity index (χ0n) is 18.1. The summed E-state index contributed by atoms with van der Waals surface area (Å²) in [5, 5.41) is 7.93. The highest BCUT2D eigenvalue weighted by molar-refractivity contribution is 5.51. The molecule has 0 aliphatic heterocycles. The van der Waals surface area contributed by atoms with Crippen molar-refractivity contribution in [2.24, 2.45) is 0 Å². The number of H-pyrrole nitrogens is 1. The normalized spacial score (nSPS) is 11.7. The molecular formula is C23H24N6O3. The molecule has 4 aromatic rings. The van der Waals surface area contributed by atoms with Crippen LogP contribution in [0.1, 0.15) is 29.9 Å². The van der Waals surface area contributed by atoms with Crippen LogP contribution in [-0.4, -0.2) is 38.4 Å². The van der Waals surface area contributed by atoms with Gasteiger partial charge in [-0.25, -0.2) is 14.8 Å². The molecule has 32 heavy (non-hydrogen) atoms. The van der Waals surface area contributed by atoms with E-state index in [9.17, 15) is 4.79 Å². The molecule has 2 aromatic carbocycles. The van der Waals surface area contributed by atoms with Crippen molar-refractivity contribution >= 4 is 5.69 Å². The number of aromatic amines is 1. The number of aryl methyl sites for hydroxylation is 1. The standard InChI is InChI=1S/C23H24N6O3/c1-4-32-19-14-16(8-11-18(19)31-3)20(26-17-9-6-15(2)7-10-17)21-27-23(30)29(28-21)22-24-12-5-13-25-22/h5-14,20,26H,4H2,1-3H3,(H,27,28,30). The number of hydrogen-bond donors (Lipinski definition) is 2. The van der Waals surface area contributed by atoms with Crippen molar-refractivity contribution < 1.29 is 9.47 Å². The van der Waals surface area contributed by atoms with Gasteiger partial charge in [0, 0.05) is 18.1 Å². The lowest BCUT2D eigenvalue weighted by Crippen LogP contribution is -2.18. The van der Waals surface area contributed by atoms with E-state index in [1.807, 2.05) is 56.3 Å². The summed E-state index contributed by atoms with van der Waals surface area (Å²) in [6.45, 7) is 4.43. The van der Waals surface area contributed by atoms with Gasteiger partial charge >= 0.3 is 5.69 Å². The maximum Gasteiger partial charge on any atom is 0.350 e. The number of anilines is 1. The molecule has 0 saturated carbocycles. The van der Waals surface area contributed by atoms with Crippen molar-refractivity contribution in [3.63, 3.8) is 0 Å². The Morgan fingerprint density at radius 2 is 1.84 bits per heavy atom. The fourth-order valence-corrected chi connectivity index (χ4v) is 3.27. The van der Waals surface area contributed by atoms with Crippen molar-refractivity contribution in [2.75, 3.05) is 19.0 Å². The van der Waals surface area contributed by atoms with Crippen LogP contribution in [0.15, 0.2) is 65.7 Å². The Morgan fingerprint density at radius 3 is 2.53 bits per heavy atom. The monoisotopic (exact) mass is 432 g/mol. The third-order valence-electron chi connectivity index (χ3n) is 4.83. The molecule has 2 heterocycles. The van der Waals surface area contributed by atoms with Crippen LogP contribution < -0.4 is 20.5 Å². The molecule has 0 aliphatic carbocycles. The predicted octanol–water partition coefficient (Wildman–Crippen LogP) is 3.27. The van der Waals surface area contributed by atoms with Gasteiger partial charge in [-0.15, -0.1) is 9.78 Å². The van der Waals surface area contributed by atoms with E-state index in [4.69, 9.17) is 9.47 Å². The van der Waals surface area contributed by atoms with E-state index < -0.39 is 11.7 Å². The van der Waals surface area contributed by atoms with Crippen LogP contribution in [0.5, 0.6) is 11.5 Å². The summed E-state index contributed by atoms with van der Waals surface area (Å²) in [6, 6.07) is 14.8. The summed E-state index contributed by atoms with van der Waals surface area (Å²) in [4.78, 5) is 23.7. The van der Waals surface area contributed by atoms with E-state index in [-0.39, 0.29) is 5.95 Å². The van der Waals surface area contributed by atoms with Crippen molar-refractivity contribution in [1.82, 2.24) is 24.7 Å². The van der Waals surface area contributed by atoms with Crippen molar-refractivity contribution in [1.29, 1.82) is 0 Å².